The van der Waals surface area contributed by atoms with Crippen LogP contribution in [0, 0.1) is 0 Å². The summed E-state index contributed by atoms with van der Waals surface area (Å²) in [6.45, 7) is 6.18. The second kappa shape index (κ2) is 11.5. The smallest absolute Gasteiger partial charge is 0.243 e. The normalized spacial score (nSPS) is 10.9. The minimum absolute atomic E-state index is 0.298. The average molecular weight is 529 g/mol. The van der Waals surface area contributed by atoms with E-state index < -0.39 is 0 Å². The molecule has 2 aromatic carbocycles. The van der Waals surface area contributed by atoms with Gasteiger partial charge in [0.15, 0.2) is 11.5 Å². The van der Waals surface area contributed by atoms with Crippen LogP contribution in [0.25, 0.3) is 0 Å². The molecule has 0 radical (unpaired) electrons. The zero-order valence-corrected chi connectivity index (χ0v) is 20.5. The highest BCUT2D eigenvalue weighted by atomic mass is 79.9. The van der Waals surface area contributed by atoms with Crippen LogP contribution < -0.4 is 14.8 Å². The molecule has 0 fully saturated rings. The Morgan fingerprint density at radius 1 is 1.06 bits per heavy atom. The van der Waals surface area contributed by atoms with Gasteiger partial charge in [0.1, 0.15) is 6.61 Å². The molecule has 166 valence electrons. The molecule has 0 bridgehead atoms. The number of ether oxygens (including phenoxy) is 2. The van der Waals surface area contributed by atoms with Gasteiger partial charge in [-0.2, -0.15) is 0 Å². The Labute approximate surface area is 200 Å². The third kappa shape index (κ3) is 6.48. The first kappa shape index (κ1) is 23.6. The van der Waals surface area contributed by atoms with Gasteiger partial charge < -0.3 is 14.8 Å². The SMILES string of the molecule is CCCCn1nnnc1NCc1cc(OCC)c(OCc2ccc(Cl)cc2Cl)cc1Br. The standard InChI is InChI=1S/C21H24BrCl2N5O2/c1-3-5-8-29-21(26-27-28-29)25-12-15-9-19(30-4-2)20(11-17(15)22)31-13-14-6-7-16(23)10-18(14)24/h6-7,9-11H,3-5,8,12-13H2,1-2H3,(H,25,26,28). The number of benzene rings is 2. The number of aryl methyl sites for hydroxylation is 1. The first-order chi connectivity index (χ1) is 15.0. The van der Waals surface area contributed by atoms with Crippen LogP contribution in [0.3, 0.4) is 0 Å². The van der Waals surface area contributed by atoms with E-state index >= 15 is 0 Å². The van der Waals surface area contributed by atoms with Gasteiger partial charge in [-0.1, -0.05) is 63.6 Å². The topological polar surface area (TPSA) is 74.1 Å². The maximum Gasteiger partial charge on any atom is 0.243 e. The van der Waals surface area contributed by atoms with E-state index in [1.807, 2.05) is 25.1 Å². The van der Waals surface area contributed by atoms with Crippen molar-refractivity contribution in [2.75, 3.05) is 11.9 Å². The highest BCUT2D eigenvalue weighted by molar-refractivity contribution is 9.10. The lowest BCUT2D eigenvalue weighted by atomic mass is 10.2. The van der Waals surface area contributed by atoms with Crippen molar-refractivity contribution < 1.29 is 9.47 Å². The summed E-state index contributed by atoms with van der Waals surface area (Å²) < 4.78 is 14.5. The second-order valence-corrected chi connectivity index (χ2v) is 8.48. The Morgan fingerprint density at radius 2 is 1.87 bits per heavy atom. The highest BCUT2D eigenvalue weighted by Crippen LogP contribution is 2.35. The maximum absolute atomic E-state index is 6.26. The molecule has 0 aliphatic rings. The summed E-state index contributed by atoms with van der Waals surface area (Å²) >= 11 is 15.9. The number of tetrazole rings is 1. The average Bonchev–Trinajstić information content (AvgIpc) is 3.19. The van der Waals surface area contributed by atoms with E-state index in [1.54, 1.807) is 16.8 Å². The van der Waals surface area contributed by atoms with E-state index in [0.29, 0.717) is 47.3 Å². The number of hydrogen-bond acceptors (Lipinski definition) is 6. The van der Waals surface area contributed by atoms with Gasteiger partial charge in [-0.3, -0.25) is 0 Å². The van der Waals surface area contributed by atoms with E-state index in [1.165, 1.54) is 0 Å². The number of anilines is 1. The number of rotatable bonds is 11. The minimum Gasteiger partial charge on any atom is -0.490 e. The number of unbranched alkanes of at least 4 members (excludes halogenated alkanes) is 1. The summed E-state index contributed by atoms with van der Waals surface area (Å²) in [5.74, 6) is 1.91. The fraction of sp³-hybridized carbons (Fsp3) is 0.381. The van der Waals surface area contributed by atoms with E-state index in [0.717, 1.165) is 35.0 Å². The molecular formula is C21H24BrCl2N5O2. The molecule has 7 nitrogen and oxygen atoms in total. The number of aromatic nitrogens is 4. The predicted molar refractivity (Wildman–Crippen MR) is 126 cm³/mol. The third-order valence-electron chi connectivity index (χ3n) is 4.50. The third-order valence-corrected chi connectivity index (χ3v) is 5.83. The number of nitrogens with zero attached hydrogens (tertiary/aromatic N) is 4. The molecular weight excluding hydrogens is 505 g/mol. The molecule has 0 saturated heterocycles. The summed E-state index contributed by atoms with van der Waals surface area (Å²) in [4.78, 5) is 0. The minimum atomic E-state index is 0.298. The Morgan fingerprint density at radius 3 is 2.61 bits per heavy atom. The Kier molecular flexibility index (Phi) is 8.80. The van der Waals surface area contributed by atoms with Crippen LogP contribution in [0.15, 0.2) is 34.8 Å². The highest BCUT2D eigenvalue weighted by Gasteiger charge is 2.13. The first-order valence-corrected chi connectivity index (χ1v) is 11.6. The van der Waals surface area contributed by atoms with Gasteiger partial charge in [0.25, 0.3) is 0 Å². The number of hydrogen-bond donors (Lipinski definition) is 1. The quantitative estimate of drug-likeness (QED) is 0.322. The summed E-state index contributed by atoms with van der Waals surface area (Å²) in [6.07, 6.45) is 2.09. The summed E-state index contributed by atoms with van der Waals surface area (Å²) in [6, 6.07) is 9.17. The van der Waals surface area contributed by atoms with Gasteiger partial charge in [-0.15, -0.1) is 0 Å². The van der Waals surface area contributed by atoms with Crippen molar-refractivity contribution in [1.29, 1.82) is 0 Å². The Balaban J connectivity index is 1.73. The molecule has 0 atom stereocenters. The van der Waals surface area contributed by atoms with Gasteiger partial charge in [0.05, 0.1) is 6.61 Å². The Bertz CT molecular complexity index is 1020. The molecule has 1 aromatic heterocycles. The molecule has 0 saturated carbocycles. The van der Waals surface area contributed by atoms with Crippen LogP contribution in [-0.4, -0.2) is 26.8 Å². The molecule has 0 unspecified atom stereocenters. The van der Waals surface area contributed by atoms with E-state index in [4.69, 9.17) is 32.7 Å². The summed E-state index contributed by atoms with van der Waals surface area (Å²) in [5, 5.41) is 16.3. The fourth-order valence-electron chi connectivity index (χ4n) is 2.85. The molecule has 31 heavy (non-hydrogen) atoms. The lowest BCUT2D eigenvalue weighted by Gasteiger charge is -2.16. The number of nitrogens with one attached hydrogen (secondary N) is 1. The first-order valence-electron chi connectivity index (χ1n) is 10.0. The molecule has 3 aromatic rings. The van der Waals surface area contributed by atoms with Crippen molar-refractivity contribution >= 4 is 45.1 Å². The van der Waals surface area contributed by atoms with Gasteiger partial charge in [-0.05, 0) is 53.6 Å². The zero-order valence-electron chi connectivity index (χ0n) is 17.4. The van der Waals surface area contributed by atoms with Crippen LogP contribution >= 0.6 is 39.1 Å². The number of halogens is 3. The van der Waals surface area contributed by atoms with Crippen LogP contribution in [0.4, 0.5) is 5.95 Å². The molecule has 0 amide bonds. The van der Waals surface area contributed by atoms with Gasteiger partial charge >= 0.3 is 0 Å². The van der Waals surface area contributed by atoms with Crippen LogP contribution in [-0.2, 0) is 19.7 Å². The van der Waals surface area contributed by atoms with Gasteiger partial charge in [-0.25, -0.2) is 4.68 Å². The lowest BCUT2D eigenvalue weighted by molar-refractivity contribution is 0.269. The van der Waals surface area contributed by atoms with Crippen LogP contribution in [0.5, 0.6) is 11.5 Å². The molecule has 1 N–H and O–H groups in total. The van der Waals surface area contributed by atoms with Gasteiger partial charge in [0, 0.05) is 33.2 Å². The second-order valence-electron chi connectivity index (χ2n) is 6.78. The molecule has 10 heteroatoms. The van der Waals surface area contributed by atoms with E-state index in [2.05, 4.69) is 43.7 Å². The van der Waals surface area contributed by atoms with Crippen molar-refractivity contribution in [3.05, 3.63) is 56.0 Å². The summed E-state index contributed by atoms with van der Waals surface area (Å²) in [5.41, 5.74) is 1.83. The fourth-order valence-corrected chi connectivity index (χ4v) is 3.78. The van der Waals surface area contributed by atoms with Crippen molar-refractivity contribution in [3.63, 3.8) is 0 Å². The molecule has 0 aliphatic heterocycles. The van der Waals surface area contributed by atoms with E-state index in [-0.39, 0.29) is 0 Å². The van der Waals surface area contributed by atoms with Crippen molar-refractivity contribution in [3.8, 4) is 11.5 Å². The van der Waals surface area contributed by atoms with Crippen LogP contribution in [0.1, 0.15) is 37.8 Å². The molecule has 3 rings (SSSR count). The monoisotopic (exact) mass is 527 g/mol. The largest absolute Gasteiger partial charge is 0.490 e. The van der Waals surface area contributed by atoms with Gasteiger partial charge in [0.2, 0.25) is 5.95 Å². The summed E-state index contributed by atoms with van der Waals surface area (Å²) in [7, 11) is 0. The van der Waals surface area contributed by atoms with Crippen molar-refractivity contribution in [2.24, 2.45) is 0 Å². The Hall–Kier alpha value is -2.03. The maximum atomic E-state index is 6.26. The zero-order chi connectivity index (χ0) is 22.2. The predicted octanol–water partition coefficient (Wildman–Crippen LogP) is 6.13. The molecule has 1 heterocycles. The molecule has 0 aliphatic carbocycles. The lowest BCUT2D eigenvalue weighted by Crippen LogP contribution is -2.10. The molecule has 0 spiro atoms. The van der Waals surface area contributed by atoms with Crippen molar-refractivity contribution in [2.45, 2.75) is 46.4 Å². The van der Waals surface area contributed by atoms with Crippen molar-refractivity contribution in [1.82, 2.24) is 20.2 Å². The van der Waals surface area contributed by atoms with E-state index in [9.17, 15) is 0 Å². The van der Waals surface area contributed by atoms with Crippen LogP contribution in [0.2, 0.25) is 10.0 Å².